The van der Waals surface area contributed by atoms with E-state index in [1.807, 2.05) is 0 Å². The standard InChI is InChI=1S/C11H20O2/c1-9(12)13-8-7-11(5-6-11)10(2,3)4/h5-8H2,1-4H3. The summed E-state index contributed by atoms with van der Waals surface area (Å²) >= 11 is 0. The molecule has 0 heterocycles. The molecule has 0 N–H and O–H groups in total. The first kappa shape index (κ1) is 10.6. The van der Waals surface area contributed by atoms with Gasteiger partial charge < -0.3 is 4.74 Å². The van der Waals surface area contributed by atoms with Crippen LogP contribution in [-0.2, 0) is 9.53 Å². The number of rotatable bonds is 3. The molecule has 0 saturated heterocycles. The second kappa shape index (κ2) is 3.32. The molecular formula is C11H20O2. The van der Waals surface area contributed by atoms with Gasteiger partial charge in [-0.15, -0.1) is 0 Å². The van der Waals surface area contributed by atoms with Crippen LogP contribution >= 0.6 is 0 Å². The molecule has 0 radical (unpaired) electrons. The van der Waals surface area contributed by atoms with Crippen molar-refractivity contribution < 1.29 is 9.53 Å². The van der Waals surface area contributed by atoms with Crippen molar-refractivity contribution in [1.82, 2.24) is 0 Å². The Bertz CT molecular complexity index is 197. The highest BCUT2D eigenvalue weighted by Gasteiger charge is 2.51. The average Bonchev–Trinajstić information content (AvgIpc) is 2.65. The highest BCUT2D eigenvalue weighted by molar-refractivity contribution is 5.65. The lowest BCUT2D eigenvalue weighted by Gasteiger charge is -2.30. The maximum atomic E-state index is 10.6. The van der Waals surface area contributed by atoms with Gasteiger partial charge in [-0.05, 0) is 30.1 Å². The average molecular weight is 184 g/mol. The largest absolute Gasteiger partial charge is 0.466 e. The number of hydrogen-bond acceptors (Lipinski definition) is 2. The van der Waals surface area contributed by atoms with Crippen LogP contribution in [0.25, 0.3) is 0 Å². The second-order valence-corrected chi connectivity index (χ2v) is 5.12. The van der Waals surface area contributed by atoms with Gasteiger partial charge in [-0.3, -0.25) is 4.79 Å². The summed E-state index contributed by atoms with van der Waals surface area (Å²) in [6.07, 6.45) is 3.60. The van der Waals surface area contributed by atoms with E-state index >= 15 is 0 Å². The lowest BCUT2D eigenvalue weighted by molar-refractivity contribution is -0.141. The van der Waals surface area contributed by atoms with E-state index in [-0.39, 0.29) is 5.97 Å². The molecule has 1 saturated carbocycles. The summed E-state index contributed by atoms with van der Waals surface area (Å²) in [6, 6.07) is 0. The maximum Gasteiger partial charge on any atom is 0.302 e. The molecule has 1 fully saturated rings. The van der Waals surface area contributed by atoms with Crippen LogP contribution in [0, 0.1) is 10.8 Å². The van der Waals surface area contributed by atoms with E-state index in [4.69, 9.17) is 4.74 Å². The molecule has 13 heavy (non-hydrogen) atoms. The molecule has 0 aromatic heterocycles. The van der Waals surface area contributed by atoms with Gasteiger partial charge in [0.25, 0.3) is 0 Å². The molecular weight excluding hydrogens is 164 g/mol. The summed E-state index contributed by atoms with van der Waals surface area (Å²) in [4.78, 5) is 10.6. The Morgan fingerprint density at radius 1 is 1.38 bits per heavy atom. The Morgan fingerprint density at radius 3 is 2.23 bits per heavy atom. The minimum atomic E-state index is -0.162. The fourth-order valence-corrected chi connectivity index (χ4v) is 1.92. The molecule has 2 heteroatoms. The summed E-state index contributed by atoms with van der Waals surface area (Å²) in [7, 11) is 0. The van der Waals surface area contributed by atoms with Gasteiger partial charge in [0, 0.05) is 6.92 Å². The monoisotopic (exact) mass is 184 g/mol. The smallest absolute Gasteiger partial charge is 0.302 e. The Kier molecular flexibility index (Phi) is 2.69. The number of carbonyl (C=O) groups is 1. The van der Waals surface area contributed by atoms with Gasteiger partial charge in [0.2, 0.25) is 0 Å². The molecule has 0 amide bonds. The SMILES string of the molecule is CC(=O)OCCC1(C(C)(C)C)CC1. The quantitative estimate of drug-likeness (QED) is 0.630. The molecule has 1 aliphatic rings. The molecule has 0 atom stereocenters. The van der Waals surface area contributed by atoms with E-state index < -0.39 is 0 Å². The molecule has 0 bridgehead atoms. The molecule has 0 unspecified atom stereocenters. The van der Waals surface area contributed by atoms with Crippen LogP contribution in [0.15, 0.2) is 0 Å². The molecule has 0 aromatic rings. The zero-order valence-electron chi connectivity index (χ0n) is 9.14. The third-order valence-electron chi connectivity index (χ3n) is 3.33. The van der Waals surface area contributed by atoms with Crippen LogP contribution in [0.5, 0.6) is 0 Å². The summed E-state index contributed by atoms with van der Waals surface area (Å²) in [5.74, 6) is -0.162. The van der Waals surface area contributed by atoms with Crippen molar-refractivity contribution >= 4 is 5.97 Å². The Morgan fingerprint density at radius 2 is 1.92 bits per heavy atom. The van der Waals surface area contributed by atoms with Gasteiger partial charge in [-0.25, -0.2) is 0 Å². The molecule has 76 valence electrons. The fraction of sp³-hybridized carbons (Fsp3) is 0.909. The topological polar surface area (TPSA) is 26.3 Å². The molecule has 0 aliphatic heterocycles. The fourth-order valence-electron chi connectivity index (χ4n) is 1.92. The predicted octanol–water partition coefficient (Wildman–Crippen LogP) is 2.77. The minimum Gasteiger partial charge on any atom is -0.466 e. The Labute approximate surface area is 80.7 Å². The molecule has 1 aliphatic carbocycles. The van der Waals surface area contributed by atoms with Crippen LogP contribution in [0.1, 0.15) is 47.0 Å². The van der Waals surface area contributed by atoms with Crippen LogP contribution in [0.4, 0.5) is 0 Å². The first-order valence-electron chi connectivity index (χ1n) is 5.01. The maximum absolute atomic E-state index is 10.6. The first-order valence-corrected chi connectivity index (χ1v) is 5.01. The Balaban J connectivity index is 2.32. The lowest BCUT2D eigenvalue weighted by atomic mass is 9.76. The number of ether oxygens (including phenoxy) is 1. The van der Waals surface area contributed by atoms with E-state index in [9.17, 15) is 4.79 Å². The molecule has 2 nitrogen and oxygen atoms in total. The van der Waals surface area contributed by atoms with Gasteiger partial charge >= 0.3 is 5.97 Å². The number of esters is 1. The summed E-state index contributed by atoms with van der Waals surface area (Å²) < 4.78 is 4.97. The summed E-state index contributed by atoms with van der Waals surface area (Å²) in [6.45, 7) is 8.87. The van der Waals surface area contributed by atoms with Crippen molar-refractivity contribution in [2.75, 3.05) is 6.61 Å². The van der Waals surface area contributed by atoms with Gasteiger partial charge in [0.15, 0.2) is 0 Å². The minimum absolute atomic E-state index is 0.162. The zero-order valence-corrected chi connectivity index (χ0v) is 9.14. The third-order valence-corrected chi connectivity index (χ3v) is 3.33. The van der Waals surface area contributed by atoms with E-state index in [0.29, 0.717) is 17.4 Å². The number of carbonyl (C=O) groups excluding carboxylic acids is 1. The van der Waals surface area contributed by atoms with Crippen molar-refractivity contribution in [2.24, 2.45) is 10.8 Å². The van der Waals surface area contributed by atoms with E-state index in [2.05, 4.69) is 20.8 Å². The van der Waals surface area contributed by atoms with Crippen LogP contribution in [-0.4, -0.2) is 12.6 Å². The van der Waals surface area contributed by atoms with Gasteiger partial charge in [-0.1, -0.05) is 20.8 Å². The van der Waals surface area contributed by atoms with Gasteiger partial charge in [0.05, 0.1) is 6.61 Å². The van der Waals surface area contributed by atoms with Crippen molar-refractivity contribution in [3.63, 3.8) is 0 Å². The Hall–Kier alpha value is -0.530. The molecule has 1 rings (SSSR count). The van der Waals surface area contributed by atoms with E-state index in [1.165, 1.54) is 19.8 Å². The van der Waals surface area contributed by atoms with Crippen LogP contribution < -0.4 is 0 Å². The van der Waals surface area contributed by atoms with Gasteiger partial charge in [0.1, 0.15) is 0 Å². The van der Waals surface area contributed by atoms with E-state index in [1.54, 1.807) is 0 Å². The normalized spacial score (nSPS) is 19.7. The summed E-state index contributed by atoms with van der Waals surface area (Å²) in [5, 5.41) is 0. The predicted molar refractivity (Wildman–Crippen MR) is 52.4 cm³/mol. The highest BCUT2D eigenvalue weighted by atomic mass is 16.5. The third kappa shape index (κ3) is 2.45. The zero-order chi connectivity index (χ0) is 10.1. The molecule has 0 aromatic carbocycles. The lowest BCUT2D eigenvalue weighted by Crippen LogP contribution is -2.23. The second-order valence-electron chi connectivity index (χ2n) is 5.12. The van der Waals surface area contributed by atoms with Crippen LogP contribution in [0.3, 0.4) is 0 Å². The first-order chi connectivity index (χ1) is 5.87. The number of hydrogen-bond donors (Lipinski definition) is 0. The van der Waals surface area contributed by atoms with Crippen molar-refractivity contribution in [1.29, 1.82) is 0 Å². The highest BCUT2D eigenvalue weighted by Crippen LogP contribution is 2.60. The van der Waals surface area contributed by atoms with Crippen molar-refractivity contribution in [2.45, 2.75) is 47.0 Å². The van der Waals surface area contributed by atoms with Crippen molar-refractivity contribution in [3.8, 4) is 0 Å². The molecule has 0 spiro atoms. The van der Waals surface area contributed by atoms with Crippen molar-refractivity contribution in [3.05, 3.63) is 0 Å². The van der Waals surface area contributed by atoms with Gasteiger partial charge in [-0.2, -0.15) is 0 Å². The summed E-state index contributed by atoms with van der Waals surface area (Å²) in [5.41, 5.74) is 0.801. The van der Waals surface area contributed by atoms with E-state index in [0.717, 1.165) is 6.42 Å². The van der Waals surface area contributed by atoms with Crippen LogP contribution in [0.2, 0.25) is 0 Å².